The smallest absolute Gasteiger partial charge is 0.253 e. The van der Waals surface area contributed by atoms with Crippen LogP contribution in [0.25, 0.3) is 10.9 Å². The lowest BCUT2D eigenvalue weighted by Crippen LogP contribution is -2.34. The maximum atomic E-state index is 13.2. The van der Waals surface area contributed by atoms with Crippen molar-refractivity contribution in [3.63, 3.8) is 0 Å². The highest BCUT2D eigenvalue weighted by Gasteiger charge is 2.20. The monoisotopic (exact) mass is 475 g/mol. The summed E-state index contributed by atoms with van der Waals surface area (Å²) in [6.45, 7) is 9.29. The molecule has 188 valence electrons. The summed E-state index contributed by atoms with van der Waals surface area (Å²) in [4.78, 5) is 15.8. The van der Waals surface area contributed by atoms with E-state index in [-0.39, 0.29) is 5.91 Å². The molecule has 1 saturated heterocycles. The molecule has 3 aromatic rings. The molecule has 0 saturated carbocycles. The number of benzene rings is 2. The van der Waals surface area contributed by atoms with Gasteiger partial charge in [-0.3, -0.25) is 4.79 Å². The molecule has 1 amide bonds. The van der Waals surface area contributed by atoms with Gasteiger partial charge in [0.25, 0.3) is 5.91 Å². The van der Waals surface area contributed by atoms with E-state index in [0.29, 0.717) is 12.1 Å². The van der Waals surface area contributed by atoms with Crippen LogP contribution < -0.4 is 10.1 Å². The van der Waals surface area contributed by atoms with Crippen LogP contribution in [0.15, 0.2) is 48.7 Å². The molecule has 1 aliphatic rings. The Balaban J connectivity index is 1.41. The maximum absolute atomic E-state index is 13.2. The standard InChI is InChI=1S/C30H41N3O2/c1-4-5-10-24-14-18-32(19-15-24)16-8-17-33-22-27(26-12-7-13-28(35-3)29(26)33)30(34)31-21-25-11-6-9-23(2)20-25/h6-7,9,11-13,20,22,24H,4-5,8,10,14-19,21H2,1-3H3,(H,31,34). The number of carbonyl (C=O) groups excluding carboxylic acids is 1. The van der Waals surface area contributed by atoms with Gasteiger partial charge in [0.05, 0.1) is 18.2 Å². The molecule has 1 N–H and O–H groups in total. The molecule has 1 aliphatic heterocycles. The van der Waals surface area contributed by atoms with E-state index in [4.69, 9.17) is 4.74 Å². The predicted octanol–water partition coefficient (Wildman–Crippen LogP) is 6.18. The number of likely N-dealkylation sites (tertiary alicyclic amines) is 1. The molecule has 5 nitrogen and oxygen atoms in total. The summed E-state index contributed by atoms with van der Waals surface area (Å²) in [5, 5.41) is 4.06. The number of ether oxygens (including phenoxy) is 1. The van der Waals surface area contributed by atoms with E-state index in [1.54, 1.807) is 7.11 Å². The van der Waals surface area contributed by atoms with Gasteiger partial charge in [0.2, 0.25) is 0 Å². The summed E-state index contributed by atoms with van der Waals surface area (Å²) < 4.78 is 7.89. The molecule has 4 rings (SSSR count). The Morgan fingerprint density at radius 3 is 2.63 bits per heavy atom. The van der Waals surface area contributed by atoms with Gasteiger partial charge >= 0.3 is 0 Å². The maximum Gasteiger partial charge on any atom is 0.253 e. The summed E-state index contributed by atoms with van der Waals surface area (Å²) in [6.07, 6.45) is 9.82. The van der Waals surface area contributed by atoms with Crippen molar-refractivity contribution >= 4 is 16.8 Å². The van der Waals surface area contributed by atoms with Crippen LogP contribution in [0.3, 0.4) is 0 Å². The average molecular weight is 476 g/mol. The first-order valence-electron chi connectivity index (χ1n) is 13.3. The second-order valence-corrected chi connectivity index (χ2v) is 10.0. The van der Waals surface area contributed by atoms with E-state index in [0.717, 1.165) is 47.6 Å². The summed E-state index contributed by atoms with van der Waals surface area (Å²) in [5.41, 5.74) is 4.03. The fraction of sp³-hybridized carbons (Fsp3) is 0.500. The van der Waals surface area contributed by atoms with Crippen molar-refractivity contribution in [1.82, 2.24) is 14.8 Å². The molecule has 0 spiro atoms. The Morgan fingerprint density at radius 2 is 1.89 bits per heavy atom. The Kier molecular flexibility index (Phi) is 8.86. The van der Waals surface area contributed by atoms with Crippen molar-refractivity contribution in [3.8, 4) is 5.75 Å². The van der Waals surface area contributed by atoms with Crippen LogP contribution in [-0.4, -0.2) is 42.1 Å². The number of unbranched alkanes of at least 4 members (excludes halogenated alkanes) is 1. The molecule has 0 atom stereocenters. The molecule has 5 heteroatoms. The van der Waals surface area contributed by atoms with Gasteiger partial charge in [-0.2, -0.15) is 0 Å². The summed E-state index contributed by atoms with van der Waals surface area (Å²) in [7, 11) is 1.70. The molecular formula is C30H41N3O2. The molecule has 0 unspecified atom stereocenters. The van der Waals surface area contributed by atoms with Crippen LogP contribution in [0, 0.1) is 12.8 Å². The lowest BCUT2D eigenvalue weighted by molar-refractivity contribution is 0.0952. The first kappa shape index (κ1) is 25.3. The second-order valence-electron chi connectivity index (χ2n) is 10.0. The number of methoxy groups -OCH3 is 1. The van der Waals surface area contributed by atoms with Crippen molar-refractivity contribution in [3.05, 3.63) is 65.4 Å². The summed E-state index contributed by atoms with van der Waals surface area (Å²) in [5.74, 6) is 1.69. The SMILES string of the molecule is CCCCC1CCN(CCCn2cc(C(=O)NCc3cccc(C)c3)c3cccc(OC)c32)CC1. The Hall–Kier alpha value is -2.79. The van der Waals surface area contributed by atoms with Gasteiger partial charge in [-0.15, -0.1) is 0 Å². The van der Waals surface area contributed by atoms with Gasteiger partial charge in [-0.25, -0.2) is 0 Å². The van der Waals surface area contributed by atoms with Gasteiger partial charge in [0, 0.05) is 24.7 Å². The highest BCUT2D eigenvalue weighted by Crippen LogP contribution is 2.30. The number of rotatable bonds is 11. The molecule has 2 heterocycles. The zero-order valence-corrected chi connectivity index (χ0v) is 21.7. The van der Waals surface area contributed by atoms with E-state index in [1.165, 1.54) is 50.8 Å². The Morgan fingerprint density at radius 1 is 1.09 bits per heavy atom. The third-order valence-corrected chi connectivity index (χ3v) is 7.41. The summed E-state index contributed by atoms with van der Waals surface area (Å²) in [6, 6.07) is 14.2. The van der Waals surface area contributed by atoms with Crippen molar-refractivity contribution < 1.29 is 9.53 Å². The van der Waals surface area contributed by atoms with E-state index in [9.17, 15) is 4.79 Å². The first-order valence-corrected chi connectivity index (χ1v) is 13.3. The number of aromatic nitrogens is 1. The largest absolute Gasteiger partial charge is 0.495 e. The third-order valence-electron chi connectivity index (χ3n) is 7.41. The number of nitrogens with one attached hydrogen (secondary N) is 1. The van der Waals surface area contributed by atoms with Crippen LogP contribution in [0.4, 0.5) is 0 Å². The number of amides is 1. The molecule has 35 heavy (non-hydrogen) atoms. The lowest BCUT2D eigenvalue weighted by Gasteiger charge is -2.32. The highest BCUT2D eigenvalue weighted by molar-refractivity contribution is 6.08. The van der Waals surface area contributed by atoms with Gasteiger partial charge < -0.3 is 19.5 Å². The van der Waals surface area contributed by atoms with Gasteiger partial charge in [-0.05, 0) is 63.4 Å². The predicted molar refractivity (Wildman–Crippen MR) is 144 cm³/mol. The topological polar surface area (TPSA) is 46.5 Å². The molecule has 0 bridgehead atoms. The number of hydrogen-bond acceptors (Lipinski definition) is 3. The van der Waals surface area contributed by atoms with Crippen LogP contribution in [0.2, 0.25) is 0 Å². The molecule has 1 aromatic heterocycles. The first-order chi connectivity index (χ1) is 17.1. The Bertz CT molecular complexity index is 1110. The van der Waals surface area contributed by atoms with Crippen molar-refractivity contribution in [2.45, 2.75) is 65.5 Å². The molecular weight excluding hydrogens is 434 g/mol. The van der Waals surface area contributed by atoms with E-state index < -0.39 is 0 Å². The number of para-hydroxylation sites is 1. The van der Waals surface area contributed by atoms with Crippen molar-refractivity contribution in [2.75, 3.05) is 26.7 Å². The number of fused-ring (bicyclic) bond motifs is 1. The molecule has 0 aliphatic carbocycles. The van der Waals surface area contributed by atoms with Crippen molar-refractivity contribution in [1.29, 1.82) is 0 Å². The van der Waals surface area contributed by atoms with Crippen LogP contribution in [0.5, 0.6) is 5.75 Å². The summed E-state index contributed by atoms with van der Waals surface area (Å²) >= 11 is 0. The van der Waals surface area contributed by atoms with Gasteiger partial charge in [0.1, 0.15) is 5.75 Å². The average Bonchev–Trinajstić information content (AvgIpc) is 3.26. The lowest BCUT2D eigenvalue weighted by atomic mass is 9.91. The third kappa shape index (κ3) is 6.46. The van der Waals surface area contributed by atoms with E-state index in [2.05, 4.69) is 40.8 Å². The highest BCUT2D eigenvalue weighted by atomic mass is 16.5. The normalized spacial score (nSPS) is 14.9. The number of hydrogen-bond donors (Lipinski definition) is 1. The number of piperidine rings is 1. The van der Waals surface area contributed by atoms with Crippen molar-refractivity contribution in [2.24, 2.45) is 5.92 Å². The van der Waals surface area contributed by atoms with Crippen LogP contribution >= 0.6 is 0 Å². The van der Waals surface area contributed by atoms with E-state index in [1.807, 2.05) is 36.5 Å². The minimum absolute atomic E-state index is 0.0438. The minimum Gasteiger partial charge on any atom is -0.495 e. The zero-order valence-electron chi connectivity index (χ0n) is 21.7. The fourth-order valence-electron chi connectivity index (χ4n) is 5.40. The van der Waals surface area contributed by atoms with Gasteiger partial charge in [0.15, 0.2) is 0 Å². The van der Waals surface area contributed by atoms with Gasteiger partial charge in [-0.1, -0.05) is 68.1 Å². The zero-order chi connectivity index (χ0) is 24.6. The number of nitrogens with zero attached hydrogens (tertiary/aromatic N) is 2. The Labute approximate surface area is 210 Å². The molecule has 1 fully saturated rings. The van der Waals surface area contributed by atoms with Crippen LogP contribution in [-0.2, 0) is 13.1 Å². The van der Waals surface area contributed by atoms with E-state index >= 15 is 0 Å². The number of carbonyl (C=O) groups is 1. The minimum atomic E-state index is -0.0438. The molecule has 0 radical (unpaired) electrons. The number of aryl methyl sites for hydroxylation is 2. The van der Waals surface area contributed by atoms with Crippen LogP contribution in [0.1, 0.15) is 66.9 Å². The fourth-order valence-corrected chi connectivity index (χ4v) is 5.40. The molecule has 2 aromatic carbocycles. The quantitative estimate of drug-likeness (QED) is 0.360. The second kappa shape index (κ2) is 12.3.